The van der Waals surface area contributed by atoms with Gasteiger partial charge in [0.05, 0.1) is 5.92 Å². The van der Waals surface area contributed by atoms with Gasteiger partial charge in [-0.05, 0) is 59.9 Å². The van der Waals surface area contributed by atoms with Gasteiger partial charge in [0.1, 0.15) is 5.82 Å². The van der Waals surface area contributed by atoms with Gasteiger partial charge in [0.25, 0.3) is 5.91 Å². The minimum absolute atomic E-state index is 0.0938. The first-order chi connectivity index (χ1) is 17.2. The second-order valence-corrected chi connectivity index (χ2v) is 9.69. The molecular formula is C30H36FN3O2. The van der Waals surface area contributed by atoms with E-state index in [1.807, 2.05) is 79.3 Å². The molecule has 0 saturated carbocycles. The highest BCUT2D eigenvalue weighted by atomic mass is 19.1. The maximum atomic E-state index is 13.8. The number of amides is 2. The van der Waals surface area contributed by atoms with Gasteiger partial charge in [0.2, 0.25) is 5.91 Å². The van der Waals surface area contributed by atoms with Gasteiger partial charge in [-0.2, -0.15) is 0 Å². The van der Waals surface area contributed by atoms with Crippen molar-refractivity contribution in [2.75, 3.05) is 30.9 Å². The normalized spacial score (nSPS) is 11.8. The number of halogens is 1. The highest BCUT2D eigenvalue weighted by Gasteiger charge is 2.26. The molecule has 0 saturated heterocycles. The van der Waals surface area contributed by atoms with E-state index >= 15 is 0 Å². The zero-order chi connectivity index (χ0) is 26.2. The monoisotopic (exact) mass is 489 g/mol. The van der Waals surface area contributed by atoms with Crippen LogP contribution in [0.15, 0.2) is 72.8 Å². The smallest absolute Gasteiger partial charge is 0.255 e. The third-order valence-electron chi connectivity index (χ3n) is 6.07. The molecule has 1 N–H and O–H groups in total. The molecule has 6 heteroatoms. The molecule has 0 bridgehead atoms. The fourth-order valence-corrected chi connectivity index (χ4v) is 4.40. The minimum Gasteiger partial charge on any atom is -0.377 e. The van der Waals surface area contributed by atoms with Crippen LogP contribution >= 0.6 is 0 Å². The first kappa shape index (κ1) is 26.9. The molecule has 0 aliphatic heterocycles. The predicted molar refractivity (Wildman–Crippen MR) is 145 cm³/mol. The van der Waals surface area contributed by atoms with Crippen molar-refractivity contribution >= 4 is 23.2 Å². The molecule has 0 spiro atoms. The predicted octanol–water partition coefficient (Wildman–Crippen LogP) is 6.32. The largest absolute Gasteiger partial charge is 0.377 e. The van der Waals surface area contributed by atoms with Crippen molar-refractivity contribution < 1.29 is 14.0 Å². The van der Waals surface area contributed by atoms with E-state index in [0.717, 1.165) is 16.8 Å². The highest BCUT2D eigenvalue weighted by molar-refractivity contribution is 6.04. The summed E-state index contributed by atoms with van der Waals surface area (Å²) >= 11 is 0. The van der Waals surface area contributed by atoms with E-state index in [4.69, 9.17) is 0 Å². The number of nitrogens with one attached hydrogen (secondary N) is 1. The van der Waals surface area contributed by atoms with E-state index < -0.39 is 5.82 Å². The Balaban J connectivity index is 1.91. The van der Waals surface area contributed by atoms with Gasteiger partial charge in [-0.25, -0.2) is 4.39 Å². The van der Waals surface area contributed by atoms with Crippen LogP contribution in [0.5, 0.6) is 0 Å². The summed E-state index contributed by atoms with van der Waals surface area (Å²) in [6.45, 7) is 7.28. The lowest BCUT2D eigenvalue weighted by molar-refractivity contribution is -0.134. The first-order valence-corrected chi connectivity index (χ1v) is 12.4. The maximum Gasteiger partial charge on any atom is 0.255 e. The van der Waals surface area contributed by atoms with Crippen molar-refractivity contribution in [3.63, 3.8) is 0 Å². The summed E-state index contributed by atoms with van der Waals surface area (Å²) in [6.07, 6.45) is 0.710. The van der Waals surface area contributed by atoms with Gasteiger partial charge < -0.3 is 15.1 Å². The number of rotatable bonds is 10. The topological polar surface area (TPSA) is 52.7 Å². The van der Waals surface area contributed by atoms with Crippen molar-refractivity contribution in [3.05, 3.63) is 95.3 Å². The van der Waals surface area contributed by atoms with Crippen molar-refractivity contribution in [2.24, 2.45) is 5.92 Å². The van der Waals surface area contributed by atoms with Gasteiger partial charge in [0.15, 0.2) is 0 Å². The van der Waals surface area contributed by atoms with Crippen LogP contribution in [0.25, 0.3) is 0 Å². The summed E-state index contributed by atoms with van der Waals surface area (Å²) in [7, 11) is 3.91. The Hall–Kier alpha value is -3.67. The van der Waals surface area contributed by atoms with Crippen LogP contribution in [0.4, 0.5) is 15.8 Å². The van der Waals surface area contributed by atoms with Crippen LogP contribution < -0.4 is 10.2 Å². The molecule has 3 rings (SSSR count). The number of anilines is 2. The van der Waals surface area contributed by atoms with E-state index in [0.29, 0.717) is 31.1 Å². The second kappa shape index (κ2) is 12.3. The Bertz CT molecular complexity index is 1180. The Morgan fingerprint density at radius 1 is 0.944 bits per heavy atom. The standard InChI is InChI=1S/C30H36FN3O2/c1-6-27(22-11-8-7-9-12-22)30(36)34(19-21(2)3)20-24-18-26(15-16-28(24)33(4)5)32-29(35)23-13-10-14-25(31)17-23/h7-18,21,27H,6,19-20H2,1-5H3,(H,32,35). The van der Waals surface area contributed by atoms with Crippen molar-refractivity contribution in [3.8, 4) is 0 Å². The molecule has 0 radical (unpaired) electrons. The summed E-state index contributed by atoms with van der Waals surface area (Å²) in [6, 6.07) is 21.2. The minimum atomic E-state index is -0.460. The van der Waals surface area contributed by atoms with E-state index in [2.05, 4.69) is 19.2 Å². The van der Waals surface area contributed by atoms with Gasteiger partial charge in [-0.1, -0.05) is 57.2 Å². The SMILES string of the molecule is CCC(C(=O)N(Cc1cc(NC(=O)c2cccc(F)c2)ccc1N(C)C)CC(C)C)c1ccccc1. The van der Waals surface area contributed by atoms with Crippen molar-refractivity contribution in [2.45, 2.75) is 39.7 Å². The maximum absolute atomic E-state index is 13.8. The number of hydrogen-bond acceptors (Lipinski definition) is 3. The molecule has 2 amide bonds. The summed E-state index contributed by atoms with van der Waals surface area (Å²) < 4.78 is 13.6. The number of hydrogen-bond donors (Lipinski definition) is 1. The van der Waals surface area contributed by atoms with Crippen LogP contribution in [0.1, 0.15) is 54.6 Å². The summed E-state index contributed by atoms with van der Waals surface area (Å²) in [5.41, 5.74) is 3.75. The molecular weight excluding hydrogens is 453 g/mol. The Morgan fingerprint density at radius 3 is 2.28 bits per heavy atom. The number of carbonyl (C=O) groups excluding carboxylic acids is 2. The third kappa shape index (κ3) is 6.94. The van der Waals surface area contributed by atoms with Crippen molar-refractivity contribution in [1.82, 2.24) is 4.90 Å². The molecule has 0 aromatic heterocycles. The summed E-state index contributed by atoms with van der Waals surface area (Å²) in [5, 5.41) is 2.87. The van der Waals surface area contributed by atoms with Crippen LogP contribution in [-0.4, -0.2) is 37.4 Å². The molecule has 3 aromatic carbocycles. The highest BCUT2D eigenvalue weighted by Crippen LogP contribution is 2.28. The van der Waals surface area contributed by atoms with Crippen LogP contribution in [0.3, 0.4) is 0 Å². The summed E-state index contributed by atoms with van der Waals surface area (Å²) in [4.78, 5) is 30.4. The van der Waals surface area contributed by atoms with E-state index in [-0.39, 0.29) is 23.3 Å². The quantitative estimate of drug-likeness (QED) is 0.362. The van der Waals surface area contributed by atoms with Gasteiger partial charge >= 0.3 is 0 Å². The Morgan fingerprint density at radius 2 is 1.67 bits per heavy atom. The number of nitrogens with zero attached hydrogens (tertiary/aromatic N) is 2. The summed E-state index contributed by atoms with van der Waals surface area (Å²) in [5.74, 6) is -0.679. The second-order valence-electron chi connectivity index (χ2n) is 9.69. The van der Waals surface area contributed by atoms with Crippen molar-refractivity contribution in [1.29, 1.82) is 0 Å². The van der Waals surface area contributed by atoms with Crippen LogP contribution in [0, 0.1) is 11.7 Å². The van der Waals surface area contributed by atoms with E-state index in [9.17, 15) is 14.0 Å². The number of benzene rings is 3. The molecule has 5 nitrogen and oxygen atoms in total. The number of carbonyl (C=O) groups is 2. The van der Waals surface area contributed by atoms with Gasteiger partial charge in [0, 0.05) is 44.1 Å². The average Bonchev–Trinajstić information content (AvgIpc) is 2.84. The molecule has 0 aliphatic carbocycles. The Kier molecular flexibility index (Phi) is 9.23. The third-order valence-corrected chi connectivity index (χ3v) is 6.07. The zero-order valence-electron chi connectivity index (χ0n) is 21.8. The van der Waals surface area contributed by atoms with Gasteiger partial charge in [-0.15, -0.1) is 0 Å². The lowest BCUT2D eigenvalue weighted by Gasteiger charge is -2.30. The molecule has 0 aliphatic rings. The molecule has 1 unspecified atom stereocenters. The molecule has 0 heterocycles. The van der Waals surface area contributed by atoms with E-state index in [1.165, 1.54) is 18.2 Å². The molecule has 36 heavy (non-hydrogen) atoms. The molecule has 0 fully saturated rings. The average molecular weight is 490 g/mol. The van der Waals surface area contributed by atoms with Gasteiger partial charge in [-0.3, -0.25) is 9.59 Å². The van der Waals surface area contributed by atoms with E-state index in [1.54, 1.807) is 6.07 Å². The molecule has 190 valence electrons. The fourth-order valence-electron chi connectivity index (χ4n) is 4.40. The molecule has 1 atom stereocenters. The van der Waals surface area contributed by atoms with Crippen LogP contribution in [0.2, 0.25) is 0 Å². The lowest BCUT2D eigenvalue weighted by atomic mass is 9.94. The molecule has 3 aromatic rings. The zero-order valence-corrected chi connectivity index (χ0v) is 21.8. The van der Waals surface area contributed by atoms with Crippen LogP contribution in [-0.2, 0) is 11.3 Å². The Labute approximate surface area is 213 Å². The fraction of sp³-hybridized carbons (Fsp3) is 0.333. The lowest BCUT2D eigenvalue weighted by Crippen LogP contribution is -2.37. The first-order valence-electron chi connectivity index (χ1n) is 12.4.